The smallest absolute Gasteiger partial charge is 0.101 e. The lowest BCUT2D eigenvalue weighted by molar-refractivity contribution is -0.0292. The summed E-state index contributed by atoms with van der Waals surface area (Å²) in [5, 5.41) is 14.0. The van der Waals surface area contributed by atoms with Crippen molar-refractivity contribution < 1.29 is 4.74 Å². The van der Waals surface area contributed by atoms with Crippen LogP contribution in [0, 0.1) is 11.3 Å². The van der Waals surface area contributed by atoms with Crippen LogP contribution in [0.2, 0.25) is 0 Å². The van der Waals surface area contributed by atoms with Gasteiger partial charge in [0.05, 0.1) is 53.7 Å². The number of ether oxygens (including phenoxy) is 1. The lowest BCUT2D eigenvalue weighted by atomic mass is 10.1. The van der Waals surface area contributed by atoms with E-state index in [4.69, 9.17) is 4.74 Å². The van der Waals surface area contributed by atoms with Crippen LogP contribution in [0.3, 0.4) is 0 Å². The lowest BCUT2D eigenvalue weighted by Crippen LogP contribution is -2.50. The van der Waals surface area contributed by atoms with Gasteiger partial charge >= 0.3 is 0 Å². The maximum Gasteiger partial charge on any atom is 0.101 e. The van der Waals surface area contributed by atoms with E-state index in [-0.39, 0.29) is 12.2 Å². The fourth-order valence-corrected chi connectivity index (χ4v) is 5.84. The molecule has 0 bridgehead atoms. The van der Waals surface area contributed by atoms with E-state index in [2.05, 4.69) is 66.1 Å². The third kappa shape index (κ3) is 5.05. The maximum atomic E-state index is 9.52. The van der Waals surface area contributed by atoms with E-state index in [1.165, 1.54) is 11.4 Å². The van der Waals surface area contributed by atoms with Crippen LogP contribution in [-0.4, -0.2) is 92.6 Å². The van der Waals surface area contributed by atoms with Gasteiger partial charge in [-0.15, -0.1) is 0 Å². The van der Waals surface area contributed by atoms with Gasteiger partial charge < -0.3 is 24.8 Å². The summed E-state index contributed by atoms with van der Waals surface area (Å²) >= 11 is 0. The van der Waals surface area contributed by atoms with Crippen LogP contribution >= 0.6 is 0 Å². The summed E-state index contributed by atoms with van der Waals surface area (Å²) in [5.74, 6) is 0. The second-order valence-electron chi connectivity index (χ2n) is 10.2. The van der Waals surface area contributed by atoms with Crippen molar-refractivity contribution in [2.45, 2.75) is 19.1 Å². The molecule has 3 aromatic rings. The zero-order valence-electron chi connectivity index (χ0n) is 21.4. The molecule has 1 N–H and O–H groups in total. The summed E-state index contributed by atoms with van der Waals surface area (Å²) in [7, 11) is 0. The molecule has 3 fully saturated rings. The van der Waals surface area contributed by atoms with Crippen LogP contribution in [-0.2, 0) is 4.74 Å². The molecule has 6 rings (SSSR count). The highest BCUT2D eigenvalue weighted by molar-refractivity contribution is 5.95. The van der Waals surface area contributed by atoms with Crippen molar-refractivity contribution in [1.29, 1.82) is 5.26 Å². The molecule has 192 valence electrons. The molecule has 5 heterocycles. The molecular formula is C28H34N8O. The predicted octanol–water partition coefficient (Wildman–Crippen LogP) is 2.28. The van der Waals surface area contributed by atoms with Crippen molar-refractivity contribution >= 4 is 28.0 Å². The van der Waals surface area contributed by atoms with Crippen LogP contribution < -0.4 is 20.0 Å². The molecule has 37 heavy (non-hydrogen) atoms. The fraction of sp³-hybridized carbons (Fsp3) is 0.464. The van der Waals surface area contributed by atoms with Gasteiger partial charge in [-0.25, -0.2) is 0 Å². The average Bonchev–Trinajstić information content (AvgIpc) is 3.41. The number of nitriles is 1. The molecule has 0 aliphatic carbocycles. The van der Waals surface area contributed by atoms with Gasteiger partial charge in [-0.3, -0.25) is 14.9 Å². The number of pyridine rings is 2. The maximum absolute atomic E-state index is 9.52. The second-order valence-corrected chi connectivity index (χ2v) is 10.2. The average molecular weight is 499 g/mol. The highest BCUT2D eigenvalue weighted by Crippen LogP contribution is 2.31. The van der Waals surface area contributed by atoms with Crippen molar-refractivity contribution in [1.82, 2.24) is 20.2 Å². The van der Waals surface area contributed by atoms with E-state index in [1.807, 2.05) is 24.5 Å². The number of morpholine rings is 1. The molecule has 0 amide bonds. The van der Waals surface area contributed by atoms with Gasteiger partial charge in [0.2, 0.25) is 0 Å². The molecule has 3 saturated heterocycles. The minimum atomic E-state index is 0.108. The Kier molecular flexibility index (Phi) is 6.79. The minimum Gasteiger partial charge on any atom is -0.370 e. The first kappa shape index (κ1) is 23.9. The van der Waals surface area contributed by atoms with Crippen LogP contribution in [0.25, 0.3) is 10.9 Å². The Morgan fingerprint density at radius 3 is 2.70 bits per heavy atom. The Morgan fingerprint density at radius 2 is 1.86 bits per heavy atom. The first-order valence-electron chi connectivity index (χ1n) is 13.2. The van der Waals surface area contributed by atoms with Crippen molar-refractivity contribution in [3.63, 3.8) is 0 Å². The fourth-order valence-electron chi connectivity index (χ4n) is 5.84. The summed E-state index contributed by atoms with van der Waals surface area (Å²) in [6.07, 6.45) is 5.96. The Balaban J connectivity index is 1.13. The monoisotopic (exact) mass is 498 g/mol. The summed E-state index contributed by atoms with van der Waals surface area (Å²) in [6.45, 7) is 11.6. The largest absolute Gasteiger partial charge is 0.370 e. The Bertz CT molecular complexity index is 1290. The van der Waals surface area contributed by atoms with Gasteiger partial charge in [-0.1, -0.05) is 0 Å². The first-order valence-corrected chi connectivity index (χ1v) is 13.2. The van der Waals surface area contributed by atoms with E-state index >= 15 is 0 Å². The molecule has 9 nitrogen and oxygen atoms in total. The molecule has 0 radical (unpaired) electrons. The van der Waals surface area contributed by atoms with Crippen molar-refractivity contribution in [3.05, 3.63) is 54.5 Å². The van der Waals surface area contributed by atoms with Gasteiger partial charge in [-0.2, -0.15) is 5.26 Å². The van der Waals surface area contributed by atoms with Crippen LogP contribution in [0.1, 0.15) is 12.5 Å². The lowest BCUT2D eigenvalue weighted by Gasteiger charge is -2.40. The number of rotatable bonds is 5. The topological polar surface area (TPSA) is 83.8 Å². The zero-order valence-corrected chi connectivity index (χ0v) is 21.4. The molecule has 3 aliphatic rings. The van der Waals surface area contributed by atoms with Gasteiger partial charge in [-0.05, 0) is 37.3 Å². The predicted molar refractivity (Wildman–Crippen MR) is 146 cm³/mol. The number of hydrogen-bond acceptors (Lipinski definition) is 9. The summed E-state index contributed by atoms with van der Waals surface area (Å²) in [5.41, 5.74) is 4.91. The van der Waals surface area contributed by atoms with Gasteiger partial charge in [0.15, 0.2) is 0 Å². The number of anilines is 3. The molecule has 1 aromatic carbocycles. The number of benzene rings is 1. The quantitative estimate of drug-likeness (QED) is 0.570. The number of piperazine rings is 1. The van der Waals surface area contributed by atoms with Gasteiger partial charge in [0.1, 0.15) is 6.07 Å². The minimum absolute atomic E-state index is 0.108. The number of aromatic nitrogens is 2. The van der Waals surface area contributed by atoms with Crippen molar-refractivity contribution in [2.75, 3.05) is 80.3 Å². The van der Waals surface area contributed by atoms with Crippen LogP contribution in [0.4, 0.5) is 17.1 Å². The van der Waals surface area contributed by atoms with E-state index in [0.717, 1.165) is 82.2 Å². The van der Waals surface area contributed by atoms with Gasteiger partial charge in [0, 0.05) is 76.2 Å². The molecule has 2 atom stereocenters. The molecule has 9 heteroatoms. The molecule has 2 aromatic heterocycles. The third-order valence-electron chi connectivity index (χ3n) is 7.61. The molecule has 0 spiro atoms. The standard InChI is InChI=1S/C28H34N8O/c1-21-17-36(27-5-4-22(14-29)28-26(27)3-2-6-32-28)19-25(37-21)18-33-11-12-35(20-33)24-13-23(15-31-16-24)34-9-7-30-8-10-34/h2-6,13,15-16,21,25,30H,7-12,17-20H2,1H3. The molecular weight excluding hydrogens is 464 g/mol. The number of fused-ring (bicyclic) bond motifs is 1. The zero-order chi connectivity index (χ0) is 25.2. The van der Waals surface area contributed by atoms with Crippen molar-refractivity contribution in [2.24, 2.45) is 0 Å². The van der Waals surface area contributed by atoms with E-state index in [0.29, 0.717) is 5.56 Å². The highest BCUT2D eigenvalue weighted by Gasteiger charge is 2.30. The molecule has 3 aliphatic heterocycles. The van der Waals surface area contributed by atoms with E-state index in [1.54, 1.807) is 6.20 Å². The summed E-state index contributed by atoms with van der Waals surface area (Å²) in [4.78, 5) is 18.8. The van der Waals surface area contributed by atoms with E-state index in [9.17, 15) is 5.26 Å². The highest BCUT2D eigenvalue weighted by atomic mass is 16.5. The molecule has 2 unspecified atom stereocenters. The van der Waals surface area contributed by atoms with Crippen LogP contribution in [0.5, 0.6) is 0 Å². The Labute approximate surface area is 218 Å². The molecule has 0 saturated carbocycles. The Morgan fingerprint density at radius 1 is 1.03 bits per heavy atom. The SMILES string of the molecule is CC1CN(c2ccc(C#N)c3ncccc23)CC(CN2CCN(c3cncc(N4CCNCC4)c3)C2)O1. The number of nitrogens with one attached hydrogen (secondary N) is 1. The summed E-state index contributed by atoms with van der Waals surface area (Å²) in [6, 6.07) is 12.5. The van der Waals surface area contributed by atoms with E-state index < -0.39 is 0 Å². The summed E-state index contributed by atoms with van der Waals surface area (Å²) < 4.78 is 6.40. The second kappa shape index (κ2) is 10.5. The number of nitrogens with zero attached hydrogens (tertiary/aromatic N) is 7. The first-order chi connectivity index (χ1) is 18.2. The van der Waals surface area contributed by atoms with Crippen molar-refractivity contribution in [3.8, 4) is 6.07 Å². The number of hydrogen-bond donors (Lipinski definition) is 1. The van der Waals surface area contributed by atoms with Crippen LogP contribution in [0.15, 0.2) is 48.9 Å². The normalized spacial score (nSPS) is 23.0. The Hall–Kier alpha value is -3.45. The van der Waals surface area contributed by atoms with Gasteiger partial charge in [0.25, 0.3) is 0 Å². The third-order valence-corrected chi connectivity index (χ3v) is 7.61.